The summed E-state index contributed by atoms with van der Waals surface area (Å²) in [6.45, 7) is 0.738. The molecule has 1 N–H and O–H groups in total. The van der Waals surface area contributed by atoms with E-state index in [9.17, 15) is 4.79 Å². The molecule has 4 rings (SSSR count). The Morgan fingerprint density at radius 2 is 1.59 bits per heavy atom. The quantitative estimate of drug-likeness (QED) is 0.351. The van der Waals surface area contributed by atoms with Crippen LogP contribution in [0, 0.1) is 5.92 Å². The Bertz CT molecular complexity index is 1040. The Balaban J connectivity index is 1.37. The lowest BCUT2D eigenvalue weighted by Crippen LogP contribution is -2.47. The Morgan fingerprint density at radius 3 is 2.25 bits per heavy atom. The van der Waals surface area contributed by atoms with Gasteiger partial charge in [0.1, 0.15) is 15.8 Å². The molecule has 1 amide bonds. The number of hydrogen-bond acceptors (Lipinski definition) is 3. The number of rotatable bonds is 6. The Morgan fingerprint density at radius 1 is 0.969 bits per heavy atom. The molecule has 164 valence electrons. The van der Waals surface area contributed by atoms with Gasteiger partial charge in [0, 0.05) is 24.2 Å². The van der Waals surface area contributed by atoms with Crippen molar-refractivity contribution < 1.29 is 9.53 Å². The standard InChI is InChI=1S/C26H26N2O2S2/c29-25(27-21-11-13-24(14-12-21)30-23-9-5-2-6-10-23)20-15-16-28(26(31)32)22(18-20)17-19-7-3-1-4-8-19/h1-14,20,22H,15-18H2,(H,27,29)(H,31,32). The number of piperidine rings is 1. The van der Waals surface area contributed by atoms with Crippen LogP contribution in [0.15, 0.2) is 84.9 Å². The third-order valence-electron chi connectivity index (χ3n) is 5.75. The molecule has 1 saturated heterocycles. The normalized spacial score (nSPS) is 18.1. The van der Waals surface area contributed by atoms with Crippen molar-refractivity contribution >= 4 is 40.8 Å². The van der Waals surface area contributed by atoms with Crippen molar-refractivity contribution in [3.63, 3.8) is 0 Å². The number of ether oxygens (including phenoxy) is 1. The average Bonchev–Trinajstić information content (AvgIpc) is 2.81. The highest BCUT2D eigenvalue weighted by molar-refractivity contribution is 8.10. The van der Waals surface area contributed by atoms with Gasteiger partial charge < -0.3 is 15.0 Å². The van der Waals surface area contributed by atoms with Crippen LogP contribution < -0.4 is 10.1 Å². The predicted molar refractivity (Wildman–Crippen MR) is 137 cm³/mol. The smallest absolute Gasteiger partial charge is 0.227 e. The fourth-order valence-corrected chi connectivity index (χ4v) is 4.60. The molecule has 0 bridgehead atoms. The number of thiocarbonyl (C=S) groups is 1. The van der Waals surface area contributed by atoms with Crippen molar-refractivity contribution in [3.8, 4) is 11.5 Å². The lowest BCUT2D eigenvalue weighted by Gasteiger charge is -2.39. The number of para-hydroxylation sites is 1. The van der Waals surface area contributed by atoms with E-state index in [-0.39, 0.29) is 17.9 Å². The van der Waals surface area contributed by atoms with Crippen LogP contribution >= 0.6 is 24.8 Å². The van der Waals surface area contributed by atoms with Gasteiger partial charge in [0.2, 0.25) is 5.91 Å². The van der Waals surface area contributed by atoms with Crippen LogP contribution in [0.3, 0.4) is 0 Å². The summed E-state index contributed by atoms with van der Waals surface area (Å²) in [7, 11) is 0. The number of likely N-dealkylation sites (tertiary alicyclic amines) is 1. The third-order valence-corrected chi connectivity index (χ3v) is 6.24. The van der Waals surface area contributed by atoms with E-state index in [0.717, 1.165) is 43.0 Å². The van der Waals surface area contributed by atoms with Crippen molar-refractivity contribution in [2.75, 3.05) is 11.9 Å². The fourth-order valence-electron chi connectivity index (χ4n) is 4.10. The SMILES string of the molecule is O=C(Nc1ccc(Oc2ccccc2)cc1)C1CCN(C(=S)S)C(Cc2ccccc2)C1. The molecule has 1 fully saturated rings. The molecular weight excluding hydrogens is 436 g/mol. The molecule has 0 radical (unpaired) electrons. The van der Waals surface area contributed by atoms with E-state index in [1.165, 1.54) is 5.56 Å². The van der Waals surface area contributed by atoms with Gasteiger partial charge in [0.05, 0.1) is 0 Å². The number of benzene rings is 3. The summed E-state index contributed by atoms with van der Waals surface area (Å²) < 4.78 is 6.42. The van der Waals surface area contributed by atoms with Gasteiger partial charge in [-0.2, -0.15) is 0 Å². The molecule has 3 aromatic rings. The number of nitrogens with one attached hydrogen (secondary N) is 1. The summed E-state index contributed by atoms with van der Waals surface area (Å²) in [5, 5.41) is 3.07. The molecule has 1 heterocycles. The Kier molecular flexibility index (Phi) is 7.45. The molecule has 2 unspecified atom stereocenters. The molecule has 0 aliphatic carbocycles. The summed E-state index contributed by atoms with van der Waals surface area (Å²) in [6, 6.07) is 27.6. The number of amides is 1. The summed E-state index contributed by atoms with van der Waals surface area (Å²) in [5.41, 5.74) is 2.00. The van der Waals surface area contributed by atoms with Crippen molar-refractivity contribution in [1.29, 1.82) is 0 Å². The molecule has 1 aliphatic heterocycles. The Hall–Kier alpha value is -2.83. The van der Waals surface area contributed by atoms with Gasteiger partial charge in [-0.25, -0.2) is 0 Å². The maximum absolute atomic E-state index is 13.0. The van der Waals surface area contributed by atoms with Gasteiger partial charge in [0.25, 0.3) is 0 Å². The summed E-state index contributed by atoms with van der Waals surface area (Å²) in [4.78, 5) is 15.1. The van der Waals surface area contributed by atoms with Crippen molar-refractivity contribution in [2.24, 2.45) is 5.92 Å². The monoisotopic (exact) mass is 462 g/mol. The molecule has 0 aromatic heterocycles. The van der Waals surface area contributed by atoms with Crippen LogP contribution in [-0.2, 0) is 11.2 Å². The van der Waals surface area contributed by atoms with E-state index in [4.69, 9.17) is 17.0 Å². The maximum Gasteiger partial charge on any atom is 0.227 e. The second-order valence-corrected chi connectivity index (χ2v) is 9.08. The van der Waals surface area contributed by atoms with Crippen LogP contribution in [0.25, 0.3) is 0 Å². The highest BCUT2D eigenvalue weighted by atomic mass is 32.1. The Labute approximate surface area is 200 Å². The zero-order valence-electron chi connectivity index (χ0n) is 17.7. The highest BCUT2D eigenvalue weighted by Crippen LogP contribution is 2.29. The summed E-state index contributed by atoms with van der Waals surface area (Å²) >= 11 is 9.77. The lowest BCUT2D eigenvalue weighted by atomic mass is 9.87. The summed E-state index contributed by atoms with van der Waals surface area (Å²) in [5.74, 6) is 1.49. The summed E-state index contributed by atoms with van der Waals surface area (Å²) in [6.07, 6.45) is 2.35. The van der Waals surface area contributed by atoms with Crippen molar-refractivity contribution in [2.45, 2.75) is 25.3 Å². The van der Waals surface area contributed by atoms with Crippen LogP contribution in [-0.4, -0.2) is 27.7 Å². The largest absolute Gasteiger partial charge is 0.457 e. The van der Waals surface area contributed by atoms with Gasteiger partial charge >= 0.3 is 0 Å². The molecule has 0 saturated carbocycles. The first-order valence-corrected chi connectivity index (χ1v) is 11.6. The minimum absolute atomic E-state index is 0.0459. The first kappa shape index (κ1) is 22.4. The predicted octanol–water partition coefficient (Wildman–Crippen LogP) is 5.96. The number of thiol groups is 1. The minimum atomic E-state index is -0.0668. The molecule has 4 nitrogen and oxygen atoms in total. The van der Waals surface area contributed by atoms with E-state index in [1.807, 2.05) is 72.8 Å². The van der Waals surface area contributed by atoms with Crippen molar-refractivity contribution in [1.82, 2.24) is 4.90 Å². The van der Waals surface area contributed by atoms with E-state index in [0.29, 0.717) is 4.32 Å². The number of hydrogen-bond donors (Lipinski definition) is 2. The van der Waals surface area contributed by atoms with Gasteiger partial charge in [-0.05, 0) is 61.2 Å². The fraction of sp³-hybridized carbons (Fsp3) is 0.231. The van der Waals surface area contributed by atoms with E-state index in [2.05, 4.69) is 35.0 Å². The molecule has 6 heteroatoms. The molecule has 3 aromatic carbocycles. The molecular formula is C26H26N2O2S2. The minimum Gasteiger partial charge on any atom is -0.457 e. The number of anilines is 1. The lowest BCUT2D eigenvalue weighted by molar-refractivity contribution is -0.121. The number of nitrogens with zero attached hydrogens (tertiary/aromatic N) is 1. The number of carbonyl (C=O) groups is 1. The van der Waals surface area contributed by atoms with Gasteiger partial charge in [0.15, 0.2) is 0 Å². The molecule has 0 spiro atoms. The maximum atomic E-state index is 13.0. The van der Waals surface area contributed by atoms with E-state index < -0.39 is 0 Å². The first-order chi connectivity index (χ1) is 15.6. The molecule has 1 aliphatic rings. The molecule has 2 atom stereocenters. The van der Waals surface area contributed by atoms with Crippen LogP contribution in [0.1, 0.15) is 18.4 Å². The van der Waals surface area contributed by atoms with E-state index in [1.54, 1.807) is 0 Å². The second-order valence-electron chi connectivity index (χ2n) is 7.97. The second kappa shape index (κ2) is 10.7. The average molecular weight is 463 g/mol. The zero-order chi connectivity index (χ0) is 22.3. The number of carbonyl (C=O) groups excluding carboxylic acids is 1. The van der Waals surface area contributed by atoms with Crippen LogP contribution in [0.5, 0.6) is 11.5 Å². The van der Waals surface area contributed by atoms with Gasteiger partial charge in [-0.3, -0.25) is 4.79 Å². The van der Waals surface area contributed by atoms with Gasteiger partial charge in [-0.1, -0.05) is 60.7 Å². The third kappa shape index (κ3) is 5.90. The van der Waals surface area contributed by atoms with Crippen LogP contribution in [0.4, 0.5) is 5.69 Å². The van der Waals surface area contributed by atoms with E-state index >= 15 is 0 Å². The first-order valence-electron chi connectivity index (χ1n) is 10.8. The highest BCUT2D eigenvalue weighted by Gasteiger charge is 2.32. The zero-order valence-corrected chi connectivity index (χ0v) is 19.4. The topological polar surface area (TPSA) is 41.6 Å². The van der Waals surface area contributed by atoms with Crippen molar-refractivity contribution in [3.05, 3.63) is 90.5 Å². The van der Waals surface area contributed by atoms with Crippen LogP contribution in [0.2, 0.25) is 0 Å². The molecule has 32 heavy (non-hydrogen) atoms. The van der Waals surface area contributed by atoms with Gasteiger partial charge in [-0.15, -0.1) is 12.6 Å².